The molecule has 1 aliphatic heterocycles. The van der Waals surface area contributed by atoms with E-state index in [0.717, 1.165) is 5.49 Å². The van der Waals surface area contributed by atoms with Gasteiger partial charge in [0.25, 0.3) is 0 Å². The molecule has 0 saturated heterocycles. The van der Waals surface area contributed by atoms with Gasteiger partial charge in [0, 0.05) is 5.69 Å². The maximum Gasteiger partial charge on any atom is 0.180 e. The Morgan fingerprint density at radius 3 is 3.14 bits per heavy atom. The summed E-state index contributed by atoms with van der Waals surface area (Å²) in [6.07, 6.45) is 8.15. The van der Waals surface area contributed by atoms with Gasteiger partial charge in [-0.3, -0.25) is 0 Å². The Kier molecular flexibility index (Phi) is 1.82. The summed E-state index contributed by atoms with van der Waals surface area (Å²) in [5.74, 6) is 0. The molecule has 0 fully saturated rings. The van der Waals surface area contributed by atoms with Crippen molar-refractivity contribution in [3.05, 3.63) is 22.0 Å². The second kappa shape index (κ2) is 3.15. The molecular formula is C11H14N2O. The highest BCUT2D eigenvalue weighted by atomic mass is 16.5. The van der Waals surface area contributed by atoms with Crippen LogP contribution in [0, 0.1) is 0 Å². The van der Waals surface area contributed by atoms with Crippen molar-refractivity contribution in [2.24, 2.45) is 4.99 Å². The van der Waals surface area contributed by atoms with Crippen molar-refractivity contribution in [1.82, 2.24) is 4.98 Å². The van der Waals surface area contributed by atoms with Crippen LogP contribution in [0.2, 0.25) is 0 Å². The molecule has 0 radical (unpaired) electrons. The largest absolute Gasteiger partial charge is 0.478 e. The lowest BCUT2D eigenvalue weighted by molar-refractivity contribution is 0.295. The Bertz CT molecular complexity index is 458. The van der Waals surface area contributed by atoms with Gasteiger partial charge in [0.15, 0.2) is 6.73 Å². The second-order valence-electron chi connectivity index (χ2n) is 3.98. The maximum atomic E-state index is 5.25. The minimum absolute atomic E-state index is 0.465. The van der Waals surface area contributed by atoms with Crippen LogP contribution >= 0.6 is 0 Å². The molecule has 0 aromatic carbocycles. The smallest absolute Gasteiger partial charge is 0.180 e. The van der Waals surface area contributed by atoms with Crippen LogP contribution in [0.1, 0.15) is 30.5 Å². The predicted octanol–water partition coefficient (Wildman–Crippen LogP) is 0.629. The second-order valence-corrected chi connectivity index (χ2v) is 3.98. The van der Waals surface area contributed by atoms with E-state index in [9.17, 15) is 0 Å². The third-order valence-electron chi connectivity index (χ3n) is 3.07. The van der Waals surface area contributed by atoms with Crippen LogP contribution in [0.25, 0.3) is 6.26 Å². The fourth-order valence-corrected chi connectivity index (χ4v) is 2.34. The minimum atomic E-state index is 0.465. The van der Waals surface area contributed by atoms with E-state index in [1.165, 1.54) is 48.6 Å². The lowest BCUT2D eigenvalue weighted by atomic mass is 10.1. The van der Waals surface area contributed by atoms with Crippen LogP contribution in [-0.2, 0) is 17.6 Å². The van der Waals surface area contributed by atoms with E-state index in [4.69, 9.17) is 4.74 Å². The van der Waals surface area contributed by atoms with E-state index in [-0.39, 0.29) is 0 Å². The van der Waals surface area contributed by atoms with Gasteiger partial charge >= 0.3 is 0 Å². The van der Waals surface area contributed by atoms with Crippen LogP contribution in [0.5, 0.6) is 0 Å². The normalized spacial score (nSPS) is 19.4. The molecule has 0 amide bonds. The molecule has 1 N–H and O–H groups in total. The average molecular weight is 190 g/mol. The molecule has 2 aliphatic rings. The number of hydrogen-bond donors (Lipinski definition) is 1. The molecule has 74 valence electrons. The van der Waals surface area contributed by atoms with Gasteiger partial charge in [-0.1, -0.05) is 6.42 Å². The van der Waals surface area contributed by atoms with Crippen molar-refractivity contribution in [1.29, 1.82) is 0 Å². The van der Waals surface area contributed by atoms with Crippen molar-refractivity contribution < 1.29 is 4.74 Å². The number of aryl methyl sites for hydroxylation is 1. The highest BCUT2D eigenvalue weighted by molar-refractivity contribution is 5.30. The first-order valence-electron chi connectivity index (χ1n) is 5.31. The molecule has 3 rings (SSSR count). The van der Waals surface area contributed by atoms with E-state index in [2.05, 4.69) is 9.98 Å². The number of hydrogen-bond acceptors (Lipinski definition) is 2. The summed E-state index contributed by atoms with van der Waals surface area (Å²) in [6, 6.07) is 0. The lowest BCUT2D eigenvalue weighted by Crippen LogP contribution is -2.29. The zero-order valence-corrected chi connectivity index (χ0v) is 8.18. The van der Waals surface area contributed by atoms with Crippen LogP contribution in [0.3, 0.4) is 0 Å². The third kappa shape index (κ3) is 1.15. The summed E-state index contributed by atoms with van der Waals surface area (Å²) in [7, 11) is 0. The molecule has 14 heavy (non-hydrogen) atoms. The fourth-order valence-electron chi connectivity index (χ4n) is 2.34. The molecule has 0 unspecified atom stereocenters. The first kappa shape index (κ1) is 8.09. The highest BCUT2D eigenvalue weighted by Crippen LogP contribution is 2.15. The van der Waals surface area contributed by atoms with E-state index in [1.54, 1.807) is 0 Å². The Hall–Kier alpha value is -1.25. The lowest BCUT2D eigenvalue weighted by Gasteiger charge is -1.99. The van der Waals surface area contributed by atoms with E-state index in [1.807, 2.05) is 6.26 Å². The van der Waals surface area contributed by atoms with E-state index < -0.39 is 0 Å². The molecule has 0 spiro atoms. The number of nitrogens with zero attached hydrogens (tertiary/aromatic N) is 1. The Balaban J connectivity index is 2.23. The summed E-state index contributed by atoms with van der Waals surface area (Å²) < 4.78 is 5.25. The monoisotopic (exact) mass is 190 g/mol. The van der Waals surface area contributed by atoms with Gasteiger partial charge in [0.05, 0.1) is 11.5 Å². The fraction of sp³-hybridized carbons (Fsp3) is 0.545. The maximum absolute atomic E-state index is 5.25. The van der Waals surface area contributed by atoms with Gasteiger partial charge in [0.2, 0.25) is 0 Å². The first-order valence-corrected chi connectivity index (χ1v) is 5.31. The van der Waals surface area contributed by atoms with E-state index in [0.29, 0.717) is 6.73 Å². The highest BCUT2D eigenvalue weighted by Gasteiger charge is 2.13. The summed E-state index contributed by atoms with van der Waals surface area (Å²) in [5.41, 5.74) is 3.86. The van der Waals surface area contributed by atoms with Crippen molar-refractivity contribution in [3.63, 3.8) is 0 Å². The zero-order valence-electron chi connectivity index (χ0n) is 8.18. The van der Waals surface area contributed by atoms with Crippen LogP contribution in [-0.4, -0.2) is 11.7 Å². The molecular weight excluding hydrogens is 176 g/mol. The molecule has 1 aliphatic carbocycles. The molecule has 2 heterocycles. The quantitative estimate of drug-likeness (QED) is 0.599. The molecule has 1 aromatic heterocycles. The summed E-state index contributed by atoms with van der Waals surface area (Å²) in [4.78, 5) is 7.74. The number of aromatic nitrogens is 1. The molecule has 0 bridgehead atoms. The average Bonchev–Trinajstić information content (AvgIpc) is 2.42. The van der Waals surface area contributed by atoms with Gasteiger partial charge in [-0.15, -0.1) is 0 Å². The Morgan fingerprint density at radius 2 is 2.14 bits per heavy atom. The summed E-state index contributed by atoms with van der Waals surface area (Å²) >= 11 is 0. The predicted molar refractivity (Wildman–Crippen MR) is 53.2 cm³/mol. The van der Waals surface area contributed by atoms with E-state index >= 15 is 0 Å². The third-order valence-corrected chi connectivity index (χ3v) is 3.07. The van der Waals surface area contributed by atoms with Gasteiger partial charge < -0.3 is 9.72 Å². The van der Waals surface area contributed by atoms with Crippen molar-refractivity contribution in [3.8, 4) is 0 Å². The molecule has 3 heteroatoms. The van der Waals surface area contributed by atoms with Gasteiger partial charge in [-0.2, -0.15) is 0 Å². The van der Waals surface area contributed by atoms with Crippen molar-refractivity contribution in [2.75, 3.05) is 6.73 Å². The summed E-state index contributed by atoms with van der Waals surface area (Å²) in [6.45, 7) is 0.465. The molecule has 0 saturated carbocycles. The standard InChI is InChI=1S/C11H14N2O/c1-2-4-8-9-6-14-7-12-11(9)13-10(8)5-3-1/h6H,1-5,7H2,(H,12,13). The Morgan fingerprint density at radius 1 is 1.21 bits per heavy atom. The molecule has 0 atom stereocenters. The molecule has 3 nitrogen and oxygen atoms in total. The number of fused-ring (bicyclic) bond motifs is 3. The first-order chi connectivity index (χ1) is 6.95. The van der Waals surface area contributed by atoms with Crippen molar-refractivity contribution in [2.45, 2.75) is 32.1 Å². The van der Waals surface area contributed by atoms with Gasteiger partial charge in [0.1, 0.15) is 5.49 Å². The van der Waals surface area contributed by atoms with Crippen LogP contribution in [0.15, 0.2) is 4.99 Å². The number of ether oxygens (including phenoxy) is 1. The topological polar surface area (TPSA) is 37.4 Å². The number of H-pyrrole nitrogens is 1. The zero-order chi connectivity index (χ0) is 9.38. The van der Waals surface area contributed by atoms with Crippen molar-refractivity contribution >= 4 is 6.26 Å². The van der Waals surface area contributed by atoms with Crippen LogP contribution < -0.4 is 10.7 Å². The minimum Gasteiger partial charge on any atom is -0.478 e. The number of aromatic amines is 1. The van der Waals surface area contributed by atoms with Crippen LogP contribution in [0.4, 0.5) is 0 Å². The SMILES string of the molecule is C1=c2c3c([nH]c2=NCO1)CCCCC3. The molecule has 1 aromatic rings. The Labute approximate surface area is 82.5 Å². The number of rotatable bonds is 0. The summed E-state index contributed by atoms with van der Waals surface area (Å²) in [5, 5.41) is 1.20. The van der Waals surface area contributed by atoms with Gasteiger partial charge in [-0.25, -0.2) is 4.99 Å². The number of nitrogens with one attached hydrogen (secondary N) is 1. The van der Waals surface area contributed by atoms with Gasteiger partial charge in [-0.05, 0) is 31.2 Å².